The third kappa shape index (κ3) is 2.00. The van der Waals surface area contributed by atoms with E-state index in [-0.39, 0.29) is 5.82 Å². The van der Waals surface area contributed by atoms with Crippen molar-refractivity contribution in [3.05, 3.63) is 46.2 Å². The van der Waals surface area contributed by atoms with Gasteiger partial charge in [0.1, 0.15) is 17.2 Å². The second kappa shape index (κ2) is 4.35. The van der Waals surface area contributed by atoms with Crippen LogP contribution in [0.5, 0.6) is 0 Å². The molecule has 1 heterocycles. The normalized spacial score (nSPS) is 11.1. The molecule has 0 fully saturated rings. The fraction of sp³-hybridized carbons (Fsp3) is 0.0714. The molecule has 1 aromatic heterocycles. The predicted molar refractivity (Wildman–Crippen MR) is 78.3 cm³/mol. The van der Waals surface area contributed by atoms with Crippen molar-refractivity contribution in [2.45, 2.75) is 6.92 Å². The molecule has 2 aromatic carbocycles. The second-order valence-electron chi connectivity index (χ2n) is 4.41. The molecule has 0 aliphatic heterocycles. The molecule has 0 spiro atoms. The maximum absolute atomic E-state index is 12.9. The summed E-state index contributed by atoms with van der Waals surface area (Å²) >= 11 is 3.46. The summed E-state index contributed by atoms with van der Waals surface area (Å²) < 4.78 is 13.7. The molecule has 0 saturated carbocycles. The minimum absolute atomic E-state index is 0.263. The Morgan fingerprint density at radius 3 is 2.63 bits per heavy atom. The van der Waals surface area contributed by atoms with E-state index in [0.717, 1.165) is 26.6 Å². The zero-order valence-corrected chi connectivity index (χ0v) is 11.8. The number of hydrogen-bond acceptors (Lipinski definition) is 2. The lowest BCUT2D eigenvalue weighted by Gasteiger charge is -2.02. The lowest BCUT2D eigenvalue weighted by atomic mass is 10.2. The van der Waals surface area contributed by atoms with Gasteiger partial charge in [-0.2, -0.15) is 0 Å². The predicted octanol–water partition coefficient (Wildman–Crippen LogP) is 4.02. The van der Waals surface area contributed by atoms with E-state index in [2.05, 4.69) is 25.9 Å². The standard InChI is InChI=1S/C14H11BrFN3/c1-7-6-10-13(11(15)12(7)17)19-14(18-10)8-2-4-9(16)5-3-8/h2-6H,17H2,1H3,(H,18,19). The number of rotatable bonds is 1. The molecular formula is C14H11BrFN3. The first-order chi connectivity index (χ1) is 9.06. The number of aromatic nitrogens is 2. The number of hydrogen-bond donors (Lipinski definition) is 2. The summed E-state index contributed by atoms with van der Waals surface area (Å²) in [6.07, 6.45) is 0. The number of nitrogens with zero attached hydrogens (tertiary/aromatic N) is 1. The smallest absolute Gasteiger partial charge is 0.138 e. The zero-order valence-electron chi connectivity index (χ0n) is 10.2. The molecule has 5 heteroatoms. The third-order valence-electron chi connectivity index (χ3n) is 3.08. The van der Waals surface area contributed by atoms with Gasteiger partial charge in [-0.05, 0) is 58.7 Å². The summed E-state index contributed by atoms with van der Waals surface area (Å²) in [6.45, 7) is 1.94. The molecule has 19 heavy (non-hydrogen) atoms. The van der Waals surface area contributed by atoms with E-state index in [4.69, 9.17) is 5.73 Å². The van der Waals surface area contributed by atoms with Crippen LogP contribution in [-0.4, -0.2) is 9.97 Å². The first-order valence-corrected chi connectivity index (χ1v) is 6.56. The number of imidazole rings is 1. The van der Waals surface area contributed by atoms with Gasteiger partial charge in [-0.1, -0.05) is 0 Å². The monoisotopic (exact) mass is 319 g/mol. The summed E-state index contributed by atoms with van der Waals surface area (Å²) in [4.78, 5) is 7.73. The van der Waals surface area contributed by atoms with Crippen molar-refractivity contribution in [3.63, 3.8) is 0 Å². The van der Waals surface area contributed by atoms with Crippen molar-refractivity contribution in [1.82, 2.24) is 9.97 Å². The fourth-order valence-corrected chi connectivity index (χ4v) is 2.61. The van der Waals surface area contributed by atoms with Gasteiger partial charge < -0.3 is 10.7 Å². The van der Waals surface area contributed by atoms with Gasteiger partial charge in [-0.25, -0.2) is 9.37 Å². The minimum atomic E-state index is -0.263. The number of nitrogen functional groups attached to an aromatic ring is 1. The van der Waals surface area contributed by atoms with Gasteiger partial charge in [0.15, 0.2) is 0 Å². The highest BCUT2D eigenvalue weighted by Crippen LogP contribution is 2.32. The molecule has 3 rings (SSSR count). The van der Waals surface area contributed by atoms with E-state index in [9.17, 15) is 4.39 Å². The van der Waals surface area contributed by atoms with Crippen molar-refractivity contribution < 1.29 is 4.39 Å². The first-order valence-electron chi connectivity index (χ1n) is 5.76. The van der Waals surface area contributed by atoms with Crippen molar-refractivity contribution >= 4 is 32.7 Å². The Hall–Kier alpha value is -1.88. The van der Waals surface area contributed by atoms with Crippen LogP contribution in [0.15, 0.2) is 34.8 Å². The number of nitrogens with two attached hydrogens (primary N) is 1. The fourth-order valence-electron chi connectivity index (χ4n) is 2.00. The Labute approximate surface area is 117 Å². The highest BCUT2D eigenvalue weighted by molar-refractivity contribution is 9.10. The number of fused-ring (bicyclic) bond motifs is 1. The van der Waals surface area contributed by atoms with E-state index in [1.165, 1.54) is 12.1 Å². The number of anilines is 1. The van der Waals surface area contributed by atoms with Crippen LogP contribution < -0.4 is 5.73 Å². The molecule has 0 aliphatic rings. The number of halogens is 2. The van der Waals surface area contributed by atoms with E-state index < -0.39 is 0 Å². The van der Waals surface area contributed by atoms with E-state index in [1.54, 1.807) is 12.1 Å². The number of aromatic amines is 1. The van der Waals surface area contributed by atoms with E-state index in [1.807, 2.05) is 13.0 Å². The summed E-state index contributed by atoms with van der Waals surface area (Å²) in [5.41, 5.74) is 10.1. The van der Waals surface area contributed by atoms with E-state index in [0.29, 0.717) is 11.5 Å². The molecule has 0 bridgehead atoms. The SMILES string of the molecule is Cc1cc2[nH]c(-c3ccc(F)cc3)nc2c(Br)c1N. The van der Waals surface area contributed by atoms with Crippen LogP contribution in [-0.2, 0) is 0 Å². The Morgan fingerprint density at radius 1 is 1.26 bits per heavy atom. The molecular weight excluding hydrogens is 309 g/mol. The molecule has 0 saturated heterocycles. The van der Waals surface area contributed by atoms with Crippen LogP contribution in [0, 0.1) is 12.7 Å². The Morgan fingerprint density at radius 2 is 1.95 bits per heavy atom. The topological polar surface area (TPSA) is 54.7 Å². The van der Waals surface area contributed by atoms with Gasteiger partial charge in [0, 0.05) is 5.56 Å². The molecule has 3 nitrogen and oxygen atoms in total. The van der Waals surface area contributed by atoms with Crippen LogP contribution in [0.4, 0.5) is 10.1 Å². The van der Waals surface area contributed by atoms with Gasteiger partial charge in [-0.3, -0.25) is 0 Å². The van der Waals surface area contributed by atoms with E-state index >= 15 is 0 Å². The minimum Gasteiger partial charge on any atom is -0.398 e. The maximum Gasteiger partial charge on any atom is 0.138 e. The van der Waals surface area contributed by atoms with Gasteiger partial charge in [0.05, 0.1) is 15.7 Å². The van der Waals surface area contributed by atoms with Crippen molar-refractivity contribution in [2.24, 2.45) is 0 Å². The number of H-pyrrole nitrogens is 1. The van der Waals surface area contributed by atoms with Crippen molar-refractivity contribution in [1.29, 1.82) is 0 Å². The van der Waals surface area contributed by atoms with Crippen LogP contribution in [0.3, 0.4) is 0 Å². The van der Waals surface area contributed by atoms with Gasteiger partial charge in [-0.15, -0.1) is 0 Å². The highest BCUT2D eigenvalue weighted by atomic mass is 79.9. The summed E-state index contributed by atoms with van der Waals surface area (Å²) in [7, 11) is 0. The van der Waals surface area contributed by atoms with Gasteiger partial charge >= 0.3 is 0 Å². The van der Waals surface area contributed by atoms with Crippen molar-refractivity contribution in [3.8, 4) is 11.4 Å². The largest absolute Gasteiger partial charge is 0.398 e. The lowest BCUT2D eigenvalue weighted by molar-refractivity contribution is 0.628. The van der Waals surface area contributed by atoms with Crippen LogP contribution in [0.1, 0.15) is 5.56 Å². The van der Waals surface area contributed by atoms with Crippen LogP contribution in [0.25, 0.3) is 22.4 Å². The van der Waals surface area contributed by atoms with Crippen LogP contribution in [0.2, 0.25) is 0 Å². The zero-order chi connectivity index (χ0) is 13.6. The Kier molecular flexibility index (Phi) is 2.78. The third-order valence-corrected chi connectivity index (χ3v) is 3.88. The highest BCUT2D eigenvalue weighted by Gasteiger charge is 2.12. The van der Waals surface area contributed by atoms with Gasteiger partial charge in [0.2, 0.25) is 0 Å². The molecule has 0 aliphatic carbocycles. The number of aryl methyl sites for hydroxylation is 1. The second-order valence-corrected chi connectivity index (χ2v) is 5.20. The van der Waals surface area contributed by atoms with Gasteiger partial charge in [0.25, 0.3) is 0 Å². The summed E-state index contributed by atoms with van der Waals surface area (Å²) in [5.74, 6) is 0.432. The molecule has 3 aromatic rings. The maximum atomic E-state index is 12.9. The summed E-state index contributed by atoms with van der Waals surface area (Å²) in [5, 5.41) is 0. The average molecular weight is 320 g/mol. The molecule has 96 valence electrons. The Balaban J connectivity index is 2.22. The molecule has 0 radical (unpaired) electrons. The van der Waals surface area contributed by atoms with Crippen molar-refractivity contribution in [2.75, 3.05) is 5.73 Å². The average Bonchev–Trinajstić information content (AvgIpc) is 2.81. The molecule has 0 unspecified atom stereocenters. The number of nitrogens with one attached hydrogen (secondary N) is 1. The quantitative estimate of drug-likeness (QED) is 0.665. The molecule has 0 atom stereocenters. The summed E-state index contributed by atoms with van der Waals surface area (Å²) in [6, 6.07) is 8.16. The molecule has 3 N–H and O–H groups in total. The first kappa shape index (κ1) is 12.2. The molecule has 0 amide bonds. The number of benzene rings is 2. The lowest BCUT2D eigenvalue weighted by Crippen LogP contribution is -1.91. The Bertz CT molecular complexity index is 762. The van der Waals surface area contributed by atoms with Crippen LogP contribution >= 0.6 is 15.9 Å².